The fourth-order valence-electron chi connectivity index (χ4n) is 2.47. The molecule has 0 fully saturated rings. The zero-order valence-corrected chi connectivity index (χ0v) is 17.4. The van der Waals surface area contributed by atoms with Crippen molar-refractivity contribution in [1.29, 1.82) is 0 Å². The van der Waals surface area contributed by atoms with Crippen LogP contribution in [0.1, 0.15) is 60.7 Å². The van der Waals surface area contributed by atoms with E-state index in [1.165, 1.54) is 0 Å². The number of unbranched alkanes of at least 4 members (excludes halogenated alkanes) is 2. The van der Waals surface area contributed by atoms with Crippen molar-refractivity contribution in [1.82, 2.24) is 10.9 Å². The smallest absolute Gasteiger partial charge is 0.269 e. The van der Waals surface area contributed by atoms with Crippen LogP contribution in [0, 0.1) is 5.92 Å². The largest absolute Gasteiger partial charge is 0.494 e. The van der Waals surface area contributed by atoms with Gasteiger partial charge in [-0.3, -0.25) is 20.4 Å². The van der Waals surface area contributed by atoms with Crippen molar-refractivity contribution in [3.05, 3.63) is 59.7 Å². The maximum absolute atomic E-state index is 12.2. The van der Waals surface area contributed by atoms with Crippen molar-refractivity contribution in [2.24, 2.45) is 5.92 Å². The average molecular weight is 399 g/mol. The quantitative estimate of drug-likeness (QED) is 0.460. The first-order chi connectivity index (χ1) is 14.0. The highest BCUT2D eigenvalue weighted by molar-refractivity contribution is 5.99. The van der Waals surface area contributed by atoms with E-state index < -0.39 is 11.8 Å². The minimum absolute atomic E-state index is 0.396. The van der Waals surface area contributed by atoms with Gasteiger partial charge < -0.3 is 9.47 Å². The summed E-state index contributed by atoms with van der Waals surface area (Å²) in [6.45, 7) is 7.56. The van der Waals surface area contributed by atoms with Crippen LogP contribution in [0.5, 0.6) is 11.5 Å². The molecule has 2 N–H and O–H groups in total. The summed E-state index contributed by atoms with van der Waals surface area (Å²) in [6.07, 6.45) is 3.29. The molecule has 2 aromatic carbocycles. The van der Waals surface area contributed by atoms with Crippen LogP contribution in [0.3, 0.4) is 0 Å². The van der Waals surface area contributed by atoms with Crippen molar-refractivity contribution in [3.8, 4) is 11.5 Å². The van der Waals surface area contributed by atoms with Gasteiger partial charge in [0.1, 0.15) is 11.5 Å². The van der Waals surface area contributed by atoms with Crippen LogP contribution in [0.25, 0.3) is 0 Å². The maximum atomic E-state index is 12.2. The fourth-order valence-corrected chi connectivity index (χ4v) is 2.47. The molecule has 2 aromatic rings. The minimum Gasteiger partial charge on any atom is -0.494 e. The SMILES string of the molecule is CCCCCOc1ccc(C(=O)NNC(=O)c2ccc(OCC(C)C)cc2)cc1. The molecule has 0 aliphatic heterocycles. The Kier molecular flexibility index (Phi) is 9.02. The molecule has 0 saturated carbocycles. The molecular weight excluding hydrogens is 368 g/mol. The monoisotopic (exact) mass is 398 g/mol. The van der Waals surface area contributed by atoms with Crippen molar-refractivity contribution in [3.63, 3.8) is 0 Å². The van der Waals surface area contributed by atoms with Crippen LogP contribution in [0.15, 0.2) is 48.5 Å². The maximum Gasteiger partial charge on any atom is 0.269 e. The molecule has 0 saturated heterocycles. The highest BCUT2D eigenvalue weighted by Crippen LogP contribution is 2.14. The lowest BCUT2D eigenvalue weighted by atomic mass is 10.2. The van der Waals surface area contributed by atoms with Gasteiger partial charge in [-0.05, 0) is 60.9 Å². The van der Waals surface area contributed by atoms with E-state index in [1.54, 1.807) is 48.5 Å². The van der Waals surface area contributed by atoms with E-state index in [9.17, 15) is 9.59 Å². The second-order valence-corrected chi connectivity index (χ2v) is 7.22. The first kappa shape index (κ1) is 22.3. The molecule has 6 nitrogen and oxygen atoms in total. The van der Waals surface area contributed by atoms with Crippen LogP contribution >= 0.6 is 0 Å². The lowest BCUT2D eigenvalue weighted by Gasteiger charge is -2.10. The van der Waals surface area contributed by atoms with Crippen LogP contribution in [0.4, 0.5) is 0 Å². The highest BCUT2D eigenvalue weighted by atomic mass is 16.5. The van der Waals surface area contributed by atoms with E-state index in [0.29, 0.717) is 36.0 Å². The number of benzene rings is 2. The third kappa shape index (κ3) is 7.86. The van der Waals surface area contributed by atoms with Gasteiger partial charge in [0.2, 0.25) is 0 Å². The van der Waals surface area contributed by atoms with Crippen LogP contribution < -0.4 is 20.3 Å². The summed E-state index contributed by atoms with van der Waals surface area (Å²) < 4.78 is 11.2. The van der Waals surface area contributed by atoms with Crippen LogP contribution in [-0.4, -0.2) is 25.0 Å². The van der Waals surface area contributed by atoms with E-state index in [2.05, 4.69) is 31.6 Å². The fraction of sp³-hybridized carbons (Fsp3) is 0.391. The summed E-state index contributed by atoms with van der Waals surface area (Å²) >= 11 is 0. The Morgan fingerprint density at radius 2 is 1.28 bits per heavy atom. The number of hydrazine groups is 1. The van der Waals surface area contributed by atoms with Gasteiger partial charge in [0.15, 0.2) is 0 Å². The molecule has 0 atom stereocenters. The Morgan fingerprint density at radius 1 is 0.793 bits per heavy atom. The molecule has 2 amide bonds. The van der Waals surface area contributed by atoms with Crippen molar-refractivity contribution >= 4 is 11.8 Å². The first-order valence-corrected chi connectivity index (χ1v) is 10.1. The van der Waals surface area contributed by atoms with Crippen molar-refractivity contribution in [2.45, 2.75) is 40.0 Å². The molecule has 0 heterocycles. The normalized spacial score (nSPS) is 10.5. The second kappa shape index (κ2) is 11.7. The summed E-state index contributed by atoms with van der Waals surface area (Å²) in [7, 11) is 0. The third-order valence-corrected chi connectivity index (χ3v) is 4.12. The number of rotatable bonds is 10. The number of ether oxygens (including phenoxy) is 2. The van der Waals surface area contributed by atoms with E-state index >= 15 is 0 Å². The molecule has 0 aromatic heterocycles. The van der Waals surface area contributed by atoms with Gasteiger partial charge >= 0.3 is 0 Å². The van der Waals surface area contributed by atoms with Gasteiger partial charge in [-0.2, -0.15) is 0 Å². The van der Waals surface area contributed by atoms with Crippen LogP contribution in [-0.2, 0) is 0 Å². The van der Waals surface area contributed by atoms with Crippen molar-refractivity contribution in [2.75, 3.05) is 13.2 Å². The van der Waals surface area contributed by atoms with E-state index in [0.717, 1.165) is 25.0 Å². The van der Waals surface area contributed by atoms with Gasteiger partial charge in [0, 0.05) is 11.1 Å². The number of nitrogens with one attached hydrogen (secondary N) is 2. The lowest BCUT2D eigenvalue weighted by Crippen LogP contribution is -2.41. The van der Waals surface area contributed by atoms with E-state index in [-0.39, 0.29) is 0 Å². The van der Waals surface area contributed by atoms with Gasteiger partial charge in [-0.1, -0.05) is 33.6 Å². The molecule has 0 spiro atoms. The Bertz CT molecular complexity index is 770. The summed E-state index contributed by atoms with van der Waals surface area (Å²) in [5, 5.41) is 0. The molecule has 0 aliphatic rings. The number of carbonyl (C=O) groups excluding carboxylic acids is 2. The Morgan fingerprint density at radius 3 is 1.72 bits per heavy atom. The zero-order valence-electron chi connectivity index (χ0n) is 17.4. The second-order valence-electron chi connectivity index (χ2n) is 7.22. The molecule has 156 valence electrons. The highest BCUT2D eigenvalue weighted by Gasteiger charge is 2.10. The summed E-state index contributed by atoms with van der Waals surface area (Å²) in [5.74, 6) is 1.06. The predicted octanol–water partition coefficient (Wildman–Crippen LogP) is 4.37. The summed E-state index contributed by atoms with van der Waals surface area (Å²) in [5.41, 5.74) is 5.70. The number of hydrogen-bond acceptors (Lipinski definition) is 4. The van der Waals surface area contributed by atoms with Gasteiger partial charge in [-0.15, -0.1) is 0 Å². The molecule has 29 heavy (non-hydrogen) atoms. The van der Waals surface area contributed by atoms with E-state index in [1.807, 2.05) is 0 Å². The standard InChI is InChI=1S/C23H30N2O4/c1-4-5-6-15-28-20-11-7-18(8-12-20)22(26)24-25-23(27)19-9-13-21(14-10-19)29-16-17(2)3/h7-14,17H,4-6,15-16H2,1-3H3,(H,24,26)(H,25,27). The Labute approximate surface area is 172 Å². The summed E-state index contributed by atoms with van der Waals surface area (Å²) in [6, 6.07) is 13.6. The molecule has 6 heteroatoms. The average Bonchev–Trinajstić information content (AvgIpc) is 2.74. The third-order valence-electron chi connectivity index (χ3n) is 4.12. The van der Waals surface area contributed by atoms with Crippen LogP contribution in [0.2, 0.25) is 0 Å². The first-order valence-electron chi connectivity index (χ1n) is 10.1. The molecule has 0 radical (unpaired) electrons. The lowest BCUT2D eigenvalue weighted by molar-refractivity contribution is 0.0846. The summed E-state index contributed by atoms with van der Waals surface area (Å²) in [4.78, 5) is 24.4. The Balaban J connectivity index is 1.79. The van der Waals surface area contributed by atoms with E-state index in [4.69, 9.17) is 9.47 Å². The topological polar surface area (TPSA) is 76.7 Å². The number of carbonyl (C=O) groups is 2. The van der Waals surface area contributed by atoms with Gasteiger partial charge in [0.05, 0.1) is 13.2 Å². The zero-order chi connectivity index (χ0) is 21.1. The predicted molar refractivity (Wildman–Crippen MR) is 113 cm³/mol. The molecule has 0 unspecified atom stereocenters. The van der Waals surface area contributed by atoms with Gasteiger partial charge in [-0.25, -0.2) is 0 Å². The minimum atomic E-state index is -0.398. The molecule has 0 bridgehead atoms. The Hall–Kier alpha value is -3.02. The number of hydrogen-bond donors (Lipinski definition) is 2. The molecule has 2 rings (SSSR count). The molecular formula is C23H30N2O4. The number of amides is 2. The van der Waals surface area contributed by atoms with Gasteiger partial charge in [0.25, 0.3) is 11.8 Å². The molecule has 0 aliphatic carbocycles. The van der Waals surface area contributed by atoms with Crippen molar-refractivity contribution < 1.29 is 19.1 Å².